The van der Waals surface area contributed by atoms with E-state index in [4.69, 9.17) is 26.9 Å². The molecule has 0 bridgehead atoms. The van der Waals surface area contributed by atoms with Crippen molar-refractivity contribution in [3.8, 4) is 0 Å². The zero-order valence-corrected chi connectivity index (χ0v) is 5.97. The van der Waals surface area contributed by atoms with Crippen LogP contribution in [0.25, 0.3) is 0 Å². The van der Waals surface area contributed by atoms with Crippen molar-refractivity contribution in [3.63, 3.8) is 0 Å². The Labute approximate surface area is 76.1 Å². The molecule has 0 saturated carbocycles. The third kappa shape index (κ3) is 40.8. The van der Waals surface area contributed by atoms with Crippen LogP contribution in [0.1, 0.15) is 6.92 Å². The van der Waals surface area contributed by atoms with Crippen LogP contribution in [0.4, 0.5) is 0 Å². The van der Waals surface area contributed by atoms with E-state index in [-0.39, 0.29) is 35.8 Å². The van der Waals surface area contributed by atoms with Crippen molar-refractivity contribution < 1.29 is 15.3 Å². The molecule has 0 aliphatic heterocycles. The Morgan fingerprint density at radius 3 is 1.60 bits per heavy atom. The molecule has 0 spiro atoms. The van der Waals surface area contributed by atoms with Crippen molar-refractivity contribution in [3.05, 3.63) is 11.3 Å². The predicted octanol–water partition coefficient (Wildman–Crippen LogP) is -0.568. The Bertz CT molecular complexity index is 71.3. The first kappa shape index (κ1) is 16.7. The average Bonchev–Trinajstić information content (AvgIpc) is 1.89. The maximum Gasteiger partial charge on any atom is 0.187 e. The molecule has 5 heteroatoms. The lowest BCUT2D eigenvalue weighted by Crippen LogP contribution is -1.85. The van der Waals surface area contributed by atoms with Crippen molar-refractivity contribution in [2.45, 2.75) is 6.92 Å². The Balaban J connectivity index is -0.0000000910. The first-order valence-corrected chi connectivity index (χ1v) is 2.79. The van der Waals surface area contributed by atoms with E-state index in [1.807, 2.05) is 0 Å². The first-order valence-electron chi connectivity index (χ1n) is 2.41. The lowest BCUT2D eigenvalue weighted by atomic mass is 10.7. The fraction of sp³-hybridized carbons (Fsp3) is 0.600. The van der Waals surface area contributed by atoms with E-state index in [1.165, 1.54) is 6.08 Å². The number of aliphatic hydroxyl groups is 3. The smallest absolute Gasteiger partial charge is 0.187 e. The molecule has 0 heterocycles. The fourth-order valence-corrected chi connectivity index (χ4v) is 0. The van der Waals surface area contributed by atoms with E-state index in [2.05, 4.69) is 0 Å². The minimum absolute atomic E-state index is 0. The summed E-state index contributed by atoms with van der Waals surface area (Å²) in [7, 11) is 0. The topological polar surface area (TPSA) is 60.7 Å². The molecular weight excluding hydrogens is 170 g/mol. The summed E-state index contributed by atoms with van der Waals surface area (Å²) < 4.78 is 0. The van der Waals surface area contributed by atoms with Gasteiger partial charge in [0.25, 0.3) is 0 Å². The van der Waals surface area contributed by atoms with Crippen LogP contribution in [-0.4, -0.2) is 45.9 Å². The standard InChI is InChI=1S/C3H5ClO.C2H6O2.Al.3H/c1-2-3(4)5;3-1-2-4;;;;/h2,5H,1H3;3-4H,1-2H2;;;;/b3-2-;;;;;. The van der Waals surface area contributed by atoms with Crippen LogP contribution >= 0.6 is 11.6 Å². The summed E-state index contributed by atoms with van der Waals surface area (Å²) in [4.78, 5) is 0. The van der Waals surface area contributed by atoms with Crippen LogP contribution in [-0.2, 0) is 0 Å². The Morgan fingerprint density at radius 1 is 1.40 bits per heavy atom. The summed E-state index contributed by atoms with van der Waals surface area (Å²) in [6.07, 6.45) is 1.40. The van der Waals surface area contributed by atoms with E-state index >= 15 is 0 Å². The summed E-state index contributed by atoms with van der Waals surface area (Å²) >= 11 is 4.88. The highest BCUT2D eigenvalue weighted by molar-refractivity contribution is 6.27. The second-order valence-corrected chi connectivity index (χ2v) is 1.45. The summed E-state index contributed by atoms with van der Waals surface area (Å²) in [5, 5.41) is 23.1. The largest absolute Gasteiger partial charge is 0.499 e. The molecular formula is C5H14AlClO3. The van der Waals surface area contributed by atoms with Gasteiger partial charge in [0.05, 0.1) is 13.2 Å². The van der Waals surface area contributed by atoms with E-state index < -0.39 is 0 Å². The monoisotopic (exact) mass is 184 g/mol. The van der Waals surface area contributed by atoms with Gasteiger partial charge in [0.2, 0.25) is 0 Å². The molecule has 0 fully saturated rings. The van der Waals surface area contributed by atoms with Crippen LogP contribution in [0.3, 0.4) is 0 Å². The molecule has 0 unspecified atom stereocenters. The van der Waals surface area contributed by atoms with E-state index in [0.717, 1.165) is 0 Å². The Hall–Kier alpha value is 0.282. The van der Waals surface area contributed by atoms with Crippen LogP contribution in [0.2, 0.25) is 0 Å². The first-order chi connectivity index (χ1) is 4.18. The highest BCUT2D eigenvalue weighted by atomic mass is 35.5. The van der Waals surface area contributed by atoms with Gasteiger partial charge in [-0.25, -0.2) is 0 Å². The molecule has 0 atom stereocenters. The molecule has 3 N–H and O–H groups in total. The van der Waals surface area contributed by atoms with Gasteiger partial charge < -0.3 is 15.3 Å². The van der Waals surface area contributed by atoms with Crippen LogP contribution in [0, 0.1) is 0 Å². The van der Waals surface area contributed by atoms with Gasteiger partial charge in [0.1, 0.15) is 0 Å². The van der Waals surface area contributed by atoms with E-state index in [0.29, 0.717) is 0 Å². The summed E-state index contributed by atoms with van der Waals surface area (Å²) in [5.41, 5.74) is 0. The highest BCUT2D eigenvalue weighted by Crippen LogP contribution is 1.89. The lowest BCUT2D eigenvalue weighted by molar-refractivity contribution is 0.186. The number of aliphatic hydroxyl groups excluding tert-OH is 3. The second kappa shape index (κ2) is 16.1. The summed E-state index contributed by atoms with van der Waals surface area (Å²) in [5.74, 6) is 0. The average molecular weight is 185 g/mol. The van der Waals surface area contributed by atoms with E-state index in [1.54, 1.807) is 6.92 Å². The van der Waals surface area contributed by atoms with Gasteiger partial charge in [-0.3, -0.25) is 0 Å². The zero-order chi connectivity index (χ0) is 7.70. The summed E-state index contributed by atoms with van der Waals surface area (Å²) in [6.45, 7) is 1.41. The number of rotatable bonds is 1. The third-order valence-electron chi connectivity index (χ3n) is 0.338. The second-order valence-electron chi connectivity index (χ2n) is 1.06. The predicted molar refractivity (Wildman–Crippen MR) is 46.3 cm³/mol. The van der Waals surface area contributed by atoms with Gasteiger partial charge in [0.15, 0.2) is 22.6 Å². The van der Waals surface area contributed by atoms with E-state index in [9.17, 15) is 0 Å². The maximum absolute atomic E-state index is 7.99. The SMILES string of the molecule is C/C=C(\O)Cl.OCCO.[AlH3]. The van der Waals surface area contributed by atoms with Crippen LogP contribution < -0.4 is 0 Å². The molecule has 0 aliphatic rings. The van der Waals surface area contributed by atoms with Gasteiger partial charge in [0, 0.05) is 0 Å². The van der Waals surface area contributed by atoms with Crippen molar-refractivity contribution in [1.29, 1.82) is 0 Å². The molecule has 0 amide bonds. The molecule has 0 aromatic carbocycles. The maximum atomic E-state index is 7.99. The Kier molecular flexibility index (Phi) is 27.0. The van der Waals surface area contributed by atoms with Crippen molar-refractivity contribution in [2.24, 2.45) is 0 Å². The highest BCUT2D eigenvalue weighted by Gasteiger charge is 1.67. The van der Waals surface area contributed by atoms with Gasteiger partial charge in [-0.2, -0.15) is 0 Å². The normalized spacial score (nSPS) is 9.00. The van der Waals surface area contributed by atoms with Gasteiger partial charge in [-0.1, -0.05) is 0 Å². The van der Waals surface area contributed by atoms with Crippen molar-refractivity contribution >= 4 is 29.0 Å². The van der Waals surface area contributed by atoms with Gasteiger partial charge in [-0.15, -0.1) is 0 Å². The minimum Gasteiger partial charge on any atom is -0.499 e. The van der Waals surface area contributed by atoms with Crippen LogP contribution in [0.15, 0.2) is 11.3 Å². The summed E-state index contributed by atoms with van der Waals surface area (Å²) in [6, 6.07) is 0. The molecule has 62 valence electrons. The molecule has 10 heavy (non-hydrogen) atoms. The number of hydrogen-bond donors (Lipinski definition) is 3. The third-order valence-corrected chi connectivity index (χ3v) is 0.556. The number of hydrogen-bond acceptors (Lipinski definition) is 3. The molecule has 3 nitrogen and oxygen atoms in total. The molecule has 0 rings (SSSR count). The number of halogens is 1. The van der Waals surface area contributed by atoms with Crippen molar-refractivity contribution in [2.75, 3.05) is 13.2 Å². The molecule has 0 aliphatic carbocycles. The Morgan fingerprint density at radius 2 is 1.60 bits per heavy atom. The minimum atomic E-state index is -0.148. The number of allylic oxidation sites excluding steroid dienone is 1. The molecule has 0 radical (unpaired) electrons. The quantitative estimate of drug-likeness (QED) is 0.378. The lowest BCUT2D eigenvalue weighted by Gasteiger charge is -1.71. The van der Waals surface area contributed by atoms with Crippen LogP contribution in [0.5, 0.6) is 0 Å². The molecule has 0 aromatic heterocycles. The molecule has 0 aromatic rings. The fourth-order valence-electron chi connectivity index (χ4n) is 0. The molecule has 0 saturated heterocycles. The van der Waals surface area contributed by atoms with Gasteiger partial charge in [-0.05, 0) is 24.6 Å². The zero-order valence-electron chi connectivity index (χ0n) is 5.21. The van der Waals surface area contributed by atoms with Crippen molar-refractivity contribution in [1.82, 2.24) is 0 Å². The van der Waals surface area contributed by atoms with Gasteiger partial charge >= 0.3 is 0 Å².